The predicted octanol–water partition coefficient (Wildman–Crippen LogP) is 3.53. The van der Waals surface area contributed by atoms with Gasteiger partial charge in [0, 0.05) is 37.8 Å². The molecule has 162 valence electrons. The van der Waals surface area contributed by atoms with E-state index in [1.807, 2.05) is 26.8 Å². The molecule has 2 atom stereocenters. The van der Waals surface area contributed by atoms with E-state index in [0.29, 0.717) is 24.2 Å². The van der Waals surface area contributed by atoms with Crippen molar-refractivity contribution in [1.29, 1.82) is 5.26 Å². The molecule has 2 saturated heterocycles. The second kappa shape index (κ2) is 8.95. The van der Waals surface area contributed by atoms with E-state index in [4.69, 9.17) is 4.74 Å². The van der Waals surface area contributed by atoms with Gasteiger partial charge in [0.05, 0.1) is 11.3 Å². The number of carbonyl (C=O) groups excluding carboxylic acids is 2. The number of amides is 2. The van der Waals surface area contributed by atoms with E-state index in [1.165, 1.54) is 0 Å². The highest BCUT2D eigenvalue weighted by atomic mass is 16.6. The second-order valence-corrected chi connectivity index (χ2v) is 9.31. The summed E-state index contributed by atoms with van der Waals surface area (Å²) >= 11 is 0. The van der Waals surface area contributed by atoms with Crippen LogP contribution in [0.25, 0.3) is 0 Å². The quantitative estimate of drug-likeness (QED) is 0.821. The van der Waals surface area contributed by atoms with Gasteiger partial charge in [0.2, 0.25) is 0 Å². The van der Waals surface area contributed by atoms with Crippen LogP contribution in [0.3, 0.4) is 0 Å². The number of anilines is 1. The maximum absolute atomic E-state index is 12.9. The average Bonchev–Trinajstić information content (AvgIpc) is 3.22. The highest BCUT2D eigenvalue weighted by Gasteiger charge is 2.32. The van der Waals surface area contributed by atoms with E-state index < -0.39 is 5.60 Å². The van der Waals surface area contributed by atoms with Gasteiger partial charge in [0.1, 0.15) is 11.7 Å². The number of rotatable bonds is 3. The van der Waals surface area contributed by atoms with E-state index in [-0.39, 0.29) is 24.0 Å². The maximum atomic E-state index is 12.9. The Hall–Kier alpha value is -2.75. The fourth-order valence-corrected chi connectivity index (χ4v) is 4.00. The van der Waals surface area contributed by atoms with Gasteiger partial charge < -0.3 is 19.9 Å². The molecule has 7 nitrogen and oxygen atoms in total. The van der Waals surface area contributed by atoms with Crippen LogP contribution < -0.4 is 10.2 Å². The van der Waals surface area contributed by atoms with Crippen molar-refractivity contribution in [3.8, 4) is 6.07 Å². The summed E-state index contributed by atoms with van der Waals surface area (Å²) in [7, 11) is 0. The molecule has 30 heavy (non-hydrogen) atoms. The van der Waals surface area contributed by atoms with Gasteiger partial charge in [-0.25, -0.2) is 4.79 Å². The van der Waals surface area contributed by atoms with Crippen LogP contribution in [0.4, 0.5) is 10.5 Å². The lowest BCUT2D eigenvalue weighted by Gasteiger charge is -2.38. The van der Waals surface area contributed by atoms with Gasteiger partial charge in [-0.2, -0.15) is 5.26 Å². The van der Waals surface area contributed by atoms with Crippen molar-refractivity contribution in [2.45, 2.75) is 58.6 Å². The first-order chi connectivity index (χ1) is 14.2. The monoisotopic (exact) mass is 412 g/mol. The fourth-order valence-electron chi connectivity index (χ4n) is 4.00. The third kappa shape index (κ3) is 5.24. The zero-order chi connectivity index (χ0) is 21.9. The van der Waals surface area contributed by atoms with E-state index in [9.17, 15) is 14.9 Å². The fraction of sp³-hybridized carbons (Fsp3) is 0.609. The SMILES string of the molecule is C[C@@H]1CCN(C(=O)OC(C)(C)C)C[C@@H]1NC(=O)c1ccc(N2CCCC2)c(C#N)c1. The van der Waals surface area contributed by atoms with E-state index in [2.05, 4.69) is 23.2 Å². The Morgan fingerprint density at radius 3 is 2.53 bits per heavy atom. The van der Waals surface area contributed by atoms with Gasteiger partial charge in [-0.05, 0) is 64.2 Å². The highest BCUT2D eigenvalue weighted by Crippen LogP contribution is 2.26. The van der Waals surface area contributed by atoms with Crippen LogP contribution in [-0.4, -0.2) is 54.7 Å². The number of nitriles is 1. The summed E-state index contributed by atoms with van der Waals surface area (Å²) < 4.78 is 5.48. The molecule has 2 fully saturated rings. The Morgan fingerprint density at radius 2 is 1.90 bits per heavy atom. The Morgan fingerprint density at radius 1 is 1.20 bits per heavy atom. The Bertz CT molecular complexity index is 834. The Labute approximate surface area is 179 Å². The number of piperidine rings is 1. The van der Waals surface area contributed by atoms with Gasteiger partial charge >= 0.3 is 6.09 Å². The highest BCUT2D eigenvalue weighted by molar-refractivity contribution is 5.95. The number of benzene rings is 1. The van der Waals surface area contributed by atoms with Crippen LogP contribution in [0, 0.1) is 17.2 Å². The minimum Gasteiger partial charge on any atom is -0.444 e. The molecule has 2 aliphatic rings. The molecule has 0 unspecified atom stereocenters. The lowest BCUT2D eigenvalue weighted by Crippen LogP contribution is -2.54. The molecular weight excluding hydrogens is 380 g/mol. The van der Waals surface area contributed by atoms with Crippen LogP contribution in [0.1, 0.15) is 62.9 Å². The maximum Gasteiger partial charge on any atom is 0.410 e. The largest absolute Gasteiger partial charge is 0.444 e. The molecule has 0 bridgehead atoms. The van der Waals surface area contributed by atoms with Crippen molar-refractivity contribution in [2.24, 2.45) is 5.92 Å². The molecule has 2 amide bonds. The van der Waals surface area contributed by atoms with Crippen LogP contribution in [0.2, 0.25) is 0 Å². The van der Waals surface area contributed by atoms with Crippen LogP contribution in [-0.2, 0) is 4.74 Å². The zero-order valence-corrected chi connectivity index (χ0v) is 18.4. The van der Waals surface area contributed by atoms with Crippen LogP contribution in [0.5, 0.6) is 0 Å². The second-order valence-electron chi connectivity index (χ2n) is 9.31. The molecule has 3 rings (SSSR count). The molecule has 1 aromatic rings. The minimum atomic E-state index is -0.552. The summed E-state index contributed by atoms with van der Waals surface area (Å²) in [6, 6.07) is 7.39. The first kappa shape index (κ1) is 21.9. The van der Waals surface area contributed by atoms with E-state index in [0.717, 1.165) is 38.0 Å². The van der Waals surface area contributed by atoms with Gasteiger partial charge in [-0.1, -0.05) is 6.92 Å². The number of hydrogen-bond donors (Lipinski definition) is 1. The molecular formula is C23H32N4O3. The number of ether oxygens (including phenoxy) is 1. The summed E-state index contributed by atoms with van der Waals surface area (Å²) in [6.07, 6.45) is 2.69. The predicted molar refractivity (Wildman–Crippen MR) is 115 cm³/mol. The van der Waals surface area contributed by atoms with Crippen molar-refractivity contribution >= 4 is 17.7 Å². The number of nitrogens with zero attached hydrogens (tertiary/aromatic N) is 3. The lowest BCUT2D eigenvalue weighted by molar-refractivity contribution is 0.0146. The normalized spacial score (nSPS) is 21.8. The molecule has 0 spiro atoms. The Kier molecular flexibility index (Phi) is 6.55. The molecule has 7 heteroatoms. The zero-order valence-electron chi connectivity index (χ0n) is 18.4. The van der Waals surface area contributed by atoms with E-state index in [1.54, 1.807) is 17.0 Å². The number of carbonyl (C=O) groups is 2. The molecule has 2 aliphatic heterocycles. The molecule has 0 aliphatic carbocycles. The third-order valence-corrected chi connectivity index (χ3v) is 5.75. The molecule has 0 radical (unpaired) electrons. The van der Waals surface area contributed by atoms with Crippen molar-refractivity contribution in [2.75, 3.05) is 31.1 Å². The number of likely N-dealkylation sites (tertiary alicyclic amines) is 1. The molecule has 2 heterocycles. The standard InChI is InChI=1S/C23H32N4O3/c1-16-9-12-27(22(29)30-23(2,3)4)15-19(16)25-21(28)17-7-8-20(18(13-17)14-24)26-10-5-6-11-26/h7-8,13,16,19H,5-6,9-12,15H2,1-4H3,(H,25,28)/t16-,19+/m1/s1. The average molecular weight is 413 g/mol. The molecule has 1 N–H and O–H groups in total. The topological polar surface area (TPSA) is 85.7 Å². The molecule has 0 aromatic heterocycles. The van der Waals surface area contributed by atoms with Gasteiger partial charge in [-0.3, -0.25) is 4.79 Å². The van der Waals surface area contributed by atoms with Gasteiger partial charge in [0.15, 0.2) is 0 Å². The van der Waals surface area contributed by atoms with Crippen molar-refractivity contribution in [1.82, 2.24) is 10.2 Å². The van der Waals surface area contributed by atoms with E-state index >= 15 is 0 Å². The molecule has 1 aromatic carbocycles. The lowest BCUT2D eigenvalue weighted by atomic mass is 9.93. The molecule has 0 saturated carbocycles. The minimum absolute atomic E-state index is 0.164. The smallest absolute Gasteiger partial charge is 0.410 e. The van der Waals surface area contributed by atoms with Gasteiger partial charge in [0.25, 0.3) is 5.91 Å². The van der Waals surface area contributed by atoms with Crippen molar-refractivity contribution in [3.05, 3.63) is 29.3 Å². The third-order valence-electron chi connectivity index (χ3n) is 5.75. The van der Waals surface area contributed by atoms with Crippen molar-refractivity contribution in [3.63, 3.8) is 0 Å². The Balaban J connectivity index is 1.68. The van der Waals surface area contributed by atoms with Crippen LogP contribution >= 0.6 is 0 Å². The summed E-state index contributed by atoms with van der Waals surface area (Å²) in [5, 5.41) is 12.6. The summed E-state index contributed by atoms with van der Waals surface area (Å²) in [5.41, 5.74) is 1.34. The summed E-state index contributed by atoms with van der Waals surface area (Å²) in [6.45, 7) is 10.5. The van der Waals surface area contributed by atoms with Crippen molar-refractivity contribution < 1.29 is 14.3 Å². The van der Waals surface area contributed by atoms with Gasteiger partial charge in [-0.15, -0.1) is 0 Å². The number of nitrogens with one attached hydrogen (secondary N) is 1. The number of hydrogen-bond acceptors (Lipinski definition) is 5. The first-order valence-electron chi connectivity index (χ1n) is 10.8. The summed E-state index contributed by atoms with van der Waals surface area (Å²) in [5.74, 6) is 0.0225. The summed E-state index contributed by atoms with van der Waals surface area (Å²) in [4.78, 5) is 29.2. The van der Waals surface area contributed by atoms with Crippen LogP contribution in [0.15, 0.2) is 18.2 Å². The first-order valence-corrected chi connectivity index (χ1v) is 10.8.